The van der Waals surface area contributed by atoms with Crippen molar-refractivity contribution in [2.24, 2.45) is 0 Å². The van der Waals surface area contributed by atoms with Crippen LogP contribution in [0.1, 0.15) is 27.5 Å². The van der Waals surface area contributed by atoms with E-state index in [4.69, 9.17) is 9.47 Å². The molecule has 0 radical (unpaired) electrons. The third-order valence-electron chi connectivity index (χ3n) is 5.54. The fourth-order valence-electron chi connectivity index (χ4n) is 4.05. The van der Waals surface area contributed by atoms with Gasteiger partial charge in [-0.25, -0.2) is 0 Å². The average Bonchev–Trinajstić information content (AvgIpc) is 3.44. The van der Waals surface area contributed by atoms with E-state index in [0.717, 1.165) is 25.2 Å². The molecule has 0 saturated carbocycles. The monoisotopic (exact) mass is 406 g/mol. The number of hydrogen-bond acceptors (Lipinski definition) is 5. The summed E-state index contributed by atoms with van der Waals surface area (Å²) in [6, 6.07) is 18.0. The van der Waals surface area contributed by atoms with Crippen molar-refractivity contribution in [1.29, 1.82) is 0 Å². The molecule has 1 fully saturated rings. The molecule has 0 bridgehead atoms. The van der Waals surface area contributed by atoms with Crippen molar-refractivity contribution in [1.82, 2.24) is 20.4 Å². The lowest BCUT2D eigenvalue weighted by molar-refractivity contribution is 0.0930. The number of nitrogens with one attached hydrogen (secondary N) is 2. The SMILES string of the molecule is COc1ccc([C@H]2CN(Cc3ccccc3)C[C@@H]2NC(=O)c2ccn[nH]2)cc1OC. The van der Waals surface area contributed by atoms with Crippen molar-refractivity contribution < 1.29 is 14.3 Å². The largest absolute Gasteiger partial charge is 0.493 e. The molecule has 0 aliphatic carbocycles. The lowest BCUT2D eigenvalue weighted by atomic mass is 9.93. The number of amides is 1. The molecular weight excluding hydrogens is 380 g/mol. The second kappa shape index (κ2) is 9.00. The van der Waals surface area contributed by atoms with Gasteiger partial charge in [-0.3, -0.25) is 14.8 Å². The van der Waals surface area contributed by atoms with Crippen molar-refractivity contribution >= 4 is 5.91 Å². The predicted octanol–water partition coefficient (Wildman–Crippen LogP) is 2.82. The second-order valence-corrected chi connectivity index (χ2v) is 7.45. The number of H-pyrrole nitrogens is 1. The number of nitrogens with zero attached hydrogens (tertiary/aromatic N) is 2. The van der Waals surface area contributed by atoms with Gasteiger partial charge in [0.25, 0.3) is 5.91 Å². The molecule has 2 N–H and O–H groups in total. The third kappa shape index (κ3) is 4.31. The Morgan fingerprint density at radius 3 is 2.60 bits per heavy atom. The highest BCUT2D eigenvalue weighted by atomic mass is 16.5. The van der Waals surface area contributed by atoms with Gasteiger partial charge < -0.3 is 14.8 Å². The van der Waals surface area contributed by atoms with E-state index in [0.29, 0.717) is 17.2 Å². The molecule has 2 aromatic carbocycles. The van der Waals surface area contributed by atoms with Crippen molar-refractivity contribution in [3.63, 3.8) is 0 Å². The molecular formula is C23H26N4O3. The Kier molecular flexibility index (Phi) is 5.99. The topological polar surface area (TPSA) is 79.5 Å². The highest BCUT2D eigenvalue weighted by Crippen LogP contribution is 2.35. The van der Waals surface area contributed by atoms with Gasteiger partial charge in [-0.2, -0.15) is 5.10 Å². The van der Waals surface area contributed by atoms with E-state index in [9.17, 15) is 4.79 Å². The summed E-state index contributed by atoms with van der Waals surface area (Å²) < 4.78 is 10.9. The average molecular weight is 406 g/mol. The molecule has 1 aliphatic heterocycles. The summed E-state index contributed by atoms with van der Waals surface area (Å²) in [6.07, 6.45) is 1.58. The van der Waals surface area contributed by atoms with Crippen LogP contribution in [0.5, 0.6) is 11.5 Å². The van der Waals surface area contributed by atoms with Crippen LogP contribution in [0.3, 0.4) is 0 Å². The molecule has 3 aromatic rings. The number of carbonyl (C=O) groups is 1. The molecule has 1 saturated heterocycles. The maximum atomic E-state index is 12.7. The van der Waals surface area contributed by atoms with Crippen molar-refractivity contribution in [2.45, 2.75) is 18.5 Å². The maximum Gasteiger partial charge on any atom is 0.269 e. The molecule has 1 aromatic heterocycles. The summed E-state index contributed by atoms with van der Waals surface area (Å²) >= 11 is 0. The standard InChI is InChI=1S/C23H26N4O3/c1-29-21-9-8-17(12-22(21)30-2)18-14-27(13-16-6-4-3-5-7-16)15-20(18)25-23(28)19-10-11-24-26-19/h3-12,18,20H,13-15H2,1-2H3,(H,24,26)(H,25,28)/t18-,20+/m1/s1. The molecule has 0 unspecified atom stereocenters. The Labute approximate surface area is 176 Å². The van der Waals surface area contributed by atoms with Gasteiger partial charge >= 0.3 is 0 Å². The van der Waals surface area contributed by atoms with E-state index in [2.05, 4.69) is 44.7 Å². The Balaban J connectivity index is 1.58. The highest BCUT2D eigenvalue weighted by Gasteiger charge is 2.35. The van der Waals surface area contributed by atoms with Crippen molar-refractivity contribution in [3.8, 4) is 11.5 Å². The Bertz CT molecular complexity index is 975. The summed E-state index contributed by atoms with van der Waals surface area (Å²) in [5.74, 6) is 1.36. The molecule has 7 nitrogen and oxygen atoms in total. The first kappa shape index (κ1) is 20.0. The van der Waals surface area contributed by atoms with Gasteiger partial charge in [-0.15, -0.1) is 0 Å². The minimum Gasteiger partial charge on any atom is -0.493 e. The summed E-state index contributed by atoms with van der Waals surface area (Å²) in [5, 5.41) is 9.81. The zero-order valence-corrected chi connectivity index (χ0v) is 17.2. The van der Waals surface area contributed by atoms with Crippen LogP contribution in [-0.4, -0.2) is 54.4 Å². The van der Waals surface area contributed by atoms with Crippen LogP contribution in [0.25, 0.3) is 0 Å². The van der Waals surface area contributed by atoms with E-state index in [1.165, 1.54) is 5.56 Å². The first-order valence-electron chi connectivity index (χ1n) is 9.96. The number of benzene rings is 2. The zero-order valence-electron chi connectivity index (χ0n) is 17.2. The van der Waals surface area contributed by atoms with E-state index < -0.39 is 0 Å². The van der Waals surface area contributed by atoms with Crippen LogP contribution in [0.4, 0.5) is 0 Å². The molecule has 4 rings (SSSR count). The van der Waals surface area contributed by atoms with Gasteiger partial charge in [0, 0.05) is 37.8 Å². The third-order valence-corrected chi connectivity index (χ3v) is 5.54. The first-order valence-corrected chi connectivity index (χ1v) is 9.96. The molecule has 30 heavy (non-hydrogen) atoms. The summed E-state index contributed by atoms with van der Waals surface area (Å²) in [6.45, 7) is 2.42. The van der Waals surface area contributed by atoms with Gasteiger partial charge in [0.2, 0.25) is 0 Å². The minimum absolute atomic E-state index is 0.0392. The summed E-state index contributed by atoms with van der Waals surface area (Å²) in [7, 11) is 3.26. The number of aromatic amines is 1. The van der Waals surface area contributed by atoms with E-state index in [-0.39, 0.29) is 17.9 Å². The van der Waals surface area contributed by atoms with E-state index >= 15 is 0 Å². The number of methoxy groups -OCH3 is 2. The van der Waals surface area contributed by atoms with Crippen LogP contribution in [0.15, 0.2) is 60.8 Å². The number of ether oxygens (including phenoxy) is 2. The van der Waals surface area contributed by atoms with Crippen LogP contribution < -0.4 is 14.8 Å². The minimum atomic E-state index is -0.149. The van der Waals surface area contributed by atoms with Crippen LogP contribution in [0, 0.1) is 0 Å². The van der Waals surface area contributed by atoms with Gasteiger partial charge in [-0.05, 0) is 29.3 Å². The predicted molar refractivity (Wildman–Crippen MR) is 114 cm³/mol. The smallest absolute Gasteiger partial charge is 0.269 e. The lowest BCUT2D eigenvalue weighted by Gasteiger charge is -2.21. The lowest BCUT2D eigenvalue weighted by Crippen LogP contribution is -2.40. The quantitative estimate of drug-likeness (QED) is 0.631. The highest BCUT2D eigenvalue weighted by molar-refractivity contribution is 5.92. The summed E-state index contributed by atoms with van der Waals surface area (Å²) in [4.78, 5) is 15.1. The second-order valence-electron chi connectivity index (χ2n) is 7.45. The first-order chi connectivity index (χ1) is 14.7. The molecule has 0 spiro atoms. The summed E-state index contributed by atoms with van der Waals surface area (Å²) in [5.41, 5.74) is 2.82. The molecule has 1 amide bonds. The van der Waals surface area contributed by atoms with Gasteiger partial charge in [-0.1, -0.05) is 36.4 Å². The van der Waals surface area contributed by atoms with Crippen LogP contribution in [0.2, 0.25) is 0 Å². The normalized spacial score (nSPS) is 18.9. The maximum absolute atomic E-state index is 12.7. The fourth-order valence-corrected chi connectivity index (χ4v) is 4.05. The molecule has 156 valence electrons. The molecule has 1 aliphatic rings. The van der Waals surface area contributed by atoms with Gasteiger partial charge in [0.15, 0.2) is 11.5 Å². The number of rotatable bonds is 7. The number of aromatic nitrogens is 2. The Hall–Kier alpha value is -3.32. The van der Waals surface area contributed by atoms with Crippen LogP contribution >= 0.6 is 0 Å². The molecule has 2 heterocycles. The number of hydrogen-bond donors (Lipinski definition) is 2. The van der Waals surface area contributed by atoms with Crippen molar-refractivity contribution in [3.05, 3.63) is 77.6 Å². The van der Waals surface area contributed by atoms with E-state index in [1.54, 1.807) is 26.5 Å². The van der Waals surface area contributed by atoms with Crippen molar-refractivity contribution in [2.75, 3.05) is 27.3 Å². The fraction of sp³-hybridized carbons (Fsp3) is 0.304. The number of carbonyl (C=O) groups excluding carboxylic acids is 1. The Morgan fingerprint density at radius 1 is 1.10 bits per heavy atom. The zero-order chi connectivity index (χ0) is 20.9. The Morgan fingerprint density at radius 2 is 1.90 bits per heavy atom. The van der Waals surface area contributed by atoms with Gasteiger partial charge in [0.05, 0.1) is 14.2 Å². The van der Waals surface area contributed by atoms with E-state index in [1.807, 2.05) is 24.3 Å². The molecule has 2 atom stereocenters. The number of likely N-dealkylation sites (tertiary alicyclic amines) is 1. The molecule has 7 heteroatoms. The van der Waals surface area contributed by atoms with Crippen LogP contribution in [-0.2, 0) is 6.54 Å². The van der Waals surface area contributed by atoms with Gasteiger partial charge in [0.1, 0.15) is 5.69 Å².